The fourth-order valence-corrected chi connectivity index (χ4v) is 5.52. The van der Waals surface area contributed by atoms with Gasteiger partial charge in [-0.15, -0.1) is 0 Å². The molecule has 0 bridgehead atoms. The van der Waals surface area contributed by atoms with Gasteiger partial charge in [0.05, 0.1) is 0 Å². The molecule has 6 nitrogen and oxygen atoms in total. The van der Waals surface area contributed by atoms with Gasteiger partial charge in [-0.1, -0.05) is 57.2 Å². The molecular weight excluding hydrogens is 472 g/mol. The number of aromatic nitrogens is 1. The van der Waals surface area contributed by atoms with Crippen LogP contribution in [0.25, 0.3) is 11.1 Å². The van der Waals surface area contributed by atoms with Crippen LogP contribution in [0.1, 0.15) is 67.9 Å². The first-order valence-electron chi connectivity index (χ1n) is 13.9. The van der Waals surface area contributed by atoms with E-state index >= 15 is 0 Å². The number of nitrogens with zero attached hydrogens (tertiary/aromatic N) is 3. The van der Waals surface area contributed by atoms with Gasteiger partial charge in [0.15, 0.2) is 11.6 Å². The molecule has 0 radical (unpaired) electrons. The zero-order chi connectivity index (χ0) is 26.7. The summed E-state index contributed by atoms with van der Waals surface area (Å²) < 4.78 is 6.05. The second kappa shape index (κ2) is 11.2. The van der Waals surface area contributed by atoms with E-state index in [2.05, 4.69) is 59.8 Å². The molecule has 1 amide bonds. The third kappa shape index (κ3) is 6.02. The molecule has 38 heavy (non-hydrogen) atoms. The van der Waals surface area contributed by atoms with E-state index in [1.54, 1.807) is 6.20 Å². The lowest BCUT2D eigenvalue weighted by molar-refractivity contribution is 0.0709. The van der Waals surface area contributed by atoms with E-state index in [-0.39, 0.29) is 11.3 Å². The van der Waals surface area contributed by atoms with Crippen LogP contribution in [0.3, 0.4) is 0 Å². The highest BCUT2D eigenvalue weighted by atomic mass is 16.5. The SMILES string of the molecule is CC(C)(C)c1ccc(COc2cc(-c3ccc(C(=O)N4CCC[C@H]4CN4CCCC4)cc3)cnc2N)cc1. The molecule has 2 aromatic carbocycles. The van der Waals surface area contributed by atoms with Crippen molar-refractivity contribution in [3.05, 3.63) is 77.5 Å². The largest absolute Gasteiger partial charge is 0.485 e. The molecule has 0 unspecified atom stereocenters. The molecule has 2 N–H and O–H groups in total. The summed E-state index contributed by atoms with van der Waals surface area (Å²) in [6, 6.07) is 18.6. The average Bonchev–Trinajstić information content (AvgIpc) is 3.60. The molecule has 3 heterocycles. The number of benzene rings is 2. The van der Waals surface area contributed by atoms with Crippen LogP contribution in [-0.4, -0.2) is 52.9 Å². The van der Waals surface area contributed by atoms with E-state index < -0.39 is 0 Å². The standard InChI is InChI=1S/C32H40N4O2/c1-32(2,3)27-14-8-23(9-15-27)22-38-29-19-26(20-34-30(29)33)24-10-12-25(13-11-24)31(37)36-18-6-7-28(36)21-35-16-4-5-17-35/h8-15,19-20,28H,4-7,16-18,21-22H2,1-3H3,(H2,33,34)/t28-/m0/s1. The number of amides is 1. The predicted molar refractivity (Wildman–Crippen MR) is 153 cm³/mol. The van der Waals surface area contributed by atoms with Crippen molar-refractivity contribution in [2.45, 2.75) is 64.5 Å². The smallest absolute Gasteiger partial charge is 0.254 e. The number of pyridine rings is 1. The normalized spacial score (nSPS) is 18.2. The highest BCUT2D eigenvalue weighted by Gasteiger charge is 2.31. The topological polar surface area (TPSA) is 71.7 Å². The minimum absolute atomic E-state index is 0.117. The van der Waals surface area contributed by atoms with Crippen molar-refractivity contribution in [2.24, 2.45) is 0 Å². The van der Waals surface area contributed by atoms with Crippen LogP contribution in [-0.2, 0) is 12.0 Å². The van der Waals surface area contributed by atoms with Crippen LogP contribution < -0.4 is 10.5 Å². The van der Waals surface area contributed by atoms with E-state index in [4.69, 9.17) is 10.5 Å². The van der Waals surface area contributed by atoms with E-state index in [0.717, 1.165) is 61.3 Å². The maximum Gasteiger partial charge on any atom is 0.254 e. The molecule has 6 heteroatoms. The van der Waals surface area contributed by atoms with E-state index in [0.29, 0.717) is 24.2 Å². The number of hydrogen-bond donors (Lipinski definition) is 1. The van der Waals surface area contributed by atoms with Gasteiger partial charge in [0.25, 0.3) is 5.91 Å². The van der Waals surface area contributed by atoms with E-state index in [1.165, 1.54) is 18.4 Å². The van der Waals surface area contributed by atoms with Crippen molar-refractivity contribution in [3.8, 4) is 16.9 Å². The van der Waals surface area contributed by atoms with Gasteiger partial charge in [-0.3, -0.25) is 4.79 Å². The van der Waals surface area contributed by atoms with Crippen molar-refractivity contribution < 1.29 is 9.53 Å². The summed E-state index contributed by atoms with van der Waals surface area (Å²) in [4.78, 5) is 22.3. The number of nitrogen functional groups attached to an aromatic ring is 1. The number of anilines is 1. The summed E-state index contributed by atoms with van der Waals surface area (Å²) in [6.07, 6.45) is 6.49. The molecule has 2 fully saturated rings. The number of rotatable bonds is 7. The zero-order valence-corrected chi connectivity index (χ0v) is 23.0. The molecule has 0 saturated carbocycles. The summed E-state index contributed by atoms with van der Waals surface area (Å²) in [5, 5.41) is 0. The Balaban J connectivity index is 1.24. The zero-order valence-electron chi connectivity index (χ0n) is 23.0. The van der Waals surface area contributed by atoms with Gasteiger partial charge < -0.3 is 20.3 Å². The summed E-state index contributed by atoms with van der Waals surface area (Å²) in [7, 11) is 0. The first-order chi connectivity index (χ1) is 18.3. The Hall–Kier alpha value is -3.38. The van der Waals surface area contributed by atoms with Gasteiger partial charge in [0, 0.05) is 36.5 Å². The van der Waals surface area contributed by atoms with Crippen molar-refractivity contribution in [1.82, 2.24) is 14.8 Å². The van der Waals surface area contributed by atoms with Crippen LogP contribution in [0.2, 0.25) is 0 Å². The Morgan fingerprint density at radius 2 is 1.68 bits per heavy atom. The molecule has 200 valence electrons. The van der Waals surface area contributed by atoms with Gasteiger partial charge in [-0.05, 0) is 79.1 Å². The summed E-state index contributed by atoms with van der Waals surface area (Å²) in [6.45, 7) is 11.2. The molecule has 5 rings (SSSR count). The third-order valence-corrected chi connectivity index (χ3v) is 7.87. The number of hydrogen-bond acceptors (Lipinski definition) is 5. The lowest BCUT2D eigenvalue weighted by atomic mass is 9.87. The Kier molecular flexibility index (Phi) is 7.70. The van der Waals surface area contributed by atoms with Crippen molar-refractivity contribution in [1.29, 1.82) is 0 Å². The first-order valence-corrected chi connectivity index (χ1v) is 13.9. The molecule has 1 atom stereocenters. The molecule has 2 aliphatic heterocycles. The Labute approximate surface area is 226 Å². The molecule has 1 aromatic heterocycles. The van der Waals surface area contributed by atoms with Gasteiger partial charge in [-0.2, -0.15) is 0 Å². The van der Waals surface area contributed by atoms with E-state index in [1.807, 2.05) is 30.3 Å². The van der Waals surface area contributed by atoms with Gasteiger partial charge >= 0.3 is 0 Å². The molecule has 0 spiro atoms. The number of nitrogens with two attached hydrogens (primary N) is 1. The molecule has 3 aromatic rings. The van der Waals surface area contributed by atoms with Crippen LogP contribution in [0, 0.1) is 0 Å². The first kappa shape index (κ1) is 26.2. The van der Waals surface area contributed by atoms with Gasteiger partial charge in [0.2, 0.25) is 0 Å². The summed E-state index contributed by atoms with van der Waals surface area (Å²) in [5.74, 6) is 1.06. The van der Waals surface area contributed by atoms with Gasteiger partial charge in [-0.25, -0.2) is 4.98 Å². The number of likely N-dealkylation sites (tertiary alicyclic amines) is 2. The molecule has 0 aliphatic carbocycles. The number of ether oxygens (including phenoxy) is 1. The maximum absolute atomic E-state index is 13.3. The van der Waals surface area contributed by atoms with Gasteiger partial charge in [0.1, 0.15) is 6.61 Å². The second-order valence-corrected chi connectivity index (χ2v) is 11.7. The van der Waals surface area contributed by atoms with Crippen molar-refractivity contribution in [2.75, 3.05) is 31.9 Å². The number of carbonyl (C=O) groups is 1. The second-order valence-electron chi connectivity index (χ2n) is 11.7. The van der Waals surface area contributed by atoms with Crippen molar-refractivity contribution in [3.63, 3.8) is 0 Å². The fraction of sp³-hybridized carbons (Fsp3) is 0.438. The van der Waals surface area contributed by atoms with E-state index in [9.17, 15) is 4.79 Å². The fourth-order valence-electron chi connectivity index (χ4n) is 5.52. The predicted octanol–water partition coefficient (Wildman–Crippen LogP) is 5.91. The lowest BCUT2D eigenvalue weighted by Crippen LogP contribution is -2.42. The Bertz CT molecular complexity index is 1240. The number of carbonyl (C=O) groups excluding carboxylic acids is 1. The monoisotopic (exact) mass is 512 g/mol. The summed E-state index contributed by atoms with van der Waals surface area (Å²) >= 11 is 0. The van der Waals surface area contributed by atoms with Crippen LogP contribution in [0.5, 0.6) is 5.75 Å². The third-order valence-electron chi connectivity index (χ3n) is 7.87. The average molecular weight is 513 g/mol. The minimum Gasteiger partial charge on any atom is -0.485 e. The molecule has 2 aliphatic rings. The lowest BCUT2D eigenvalue weighted by Gasteiger charge is -2.28. The quantitative estimate of drug-likeness (QED) is 0.426. The minimum atomic E-state index is 0.117. The highest BCUT2D eigenvalue weighted by molar-refractivity contribution is 5.95. The van der Waals surface area contributed by atoms with Crippen LogP contribution in [0.4, 0.5) is 5.82 Å². The van der Waals surface area contributed by atoms with Crippen molar-refractivity contribution >= 4 is 11.7 Å². The maximum atomic E-state index is 13.3. The molecular formula is C32H40N4O2. The van der Waals surface area contributed by atoms with Crippen LogP contribution in [0.15, 0.2) is 60.8 Å². The Morgan fingerprint density at radius 3 is 2.37 bits per heavy atom. The van der Waals surface area contributed by atoms with Crippen LogP contribution >= 0.6 is 0 Å². The Morgan fingerprint density at radius 1 is 0.974 bits per heavy atom. The molecule has 2 saturated heterocycles. The highest BCUT2D eigenvalue weighted by Crippen LogP contribution is 2.29. The summed E-state index contributed by atoms with van der Waals surface area (Å²) in [5.41, 5.74) is 11.2.